The van der Waals surface area contributed by atoms with Gasteiger partial charge < -0.3 is 29.0 Å². The lowest BCUT2D eigenvalue weighted by Crippen LogP contribution is -2.59. The number of non-ortho nitro benzene ring substituents is 1. The second kappa shape index (κ2) is 22.1. The first-order chi connectivity index (χ1) is 39.5. The van der Waals surface area contributed by atoms with E-state index in [0.29, 0.717) is 66.5 Å². The number of amides is 3. The predicted molar refractivity (Wildman–Crippen MR) is 297 cm³/mol. The molecule has 0 aromatic heterocycles. The number of anilines is 1. The van der Waals surface area contributed by atoms with Crippen LogP contribution in [-0.2, 0) is 49.0 Å². The number of benzene rings is 7. The molecular weight excluding hydrogens is 1030 g/mol. The summed E-state index contributed by atoms with van der Waals surface area (Å²) < 4.78 is 23.9. The van der Waals surface area contributed by atoms with Gasteiger partial charge in [0.15, 0.2) is 11.5 Å². The normalized spacial score (nSPS) is 22.0. The van der Waals surface area contributed by atoms with Gasteiger partial charge in [-0.3, -0.25) is 39.2 Å². The summed E-state index contributed by atoms with van der Waals surface area (Å²) in [5, 5.41) is 22.5. The van der Waals surface area contributed by atoms with Crippen LogP contribution < -0.4 is 14.4 Å². The van der Waals surface area contributed by atoms with Gasteiger partial charge in [-0.05, 0) is 101 Å². The molecule has 1 N–H and O–H groups in total. The van der Waals surface area contributed by atoms with Crippen LogP contribution in [0.5, 0.6) is 17.2 Å². The number of ether oxygens (including phenoxy) is 4. The number of hydrogen-bond acceptors (Lipinski definition) is 14. The summed E-state index contributed by atoms with van der Waals surface area (Å²) in [5.74, 6) is 4.33. The summed E-state index contributed by atoms with van der Waals surface area (Å²) in [6.45, 7) is 2.73. The third kappa shape index (κ3) is 9.88. The number of nitro groups is 1. The van der Waals surface area contributed by atoms with Gasteiger partial charge in [-0.1, -0.05) is 121 Å². The van der Waals surface area contributed by atoms with Crippen molar-refractivity contribution in [2.24, 2.45) is 5.92 Å². The lowest BCUT2D eigenvalue weighted by Gasteiger charge is -2.46. The first-order valence-electron chi connectivity index (χ1n) is 26.8. The average Bonchev–Trinajstić information content (AvgIpc) is 1.79. The highest BCUT2D eigenvalue weighted by molar-refractivity contribution is 6.23. The van der Waals surface area contributed by atoms with Crippen molar-refractivity contribution in [1.82, 2.24) is 19.6 Å². The fourth-order valence-electron chi connectivity index (χ4n) is 12.4. The molecule has 17 nitrogen and oxygen atoms in total. The maximum atomic E-state index is 16.9. The number of esters is 1. The summed E-state index contributed by atoms with van der Waals surface area (Å²) in [5.41, 5.74) is 3.05. The standard InChI is InChI=1S/C64H56N6O11/c1-65(38-43-12-5-2-6-13-43)31-11-14-42-21-29-52-51(36-42)64(62(74)68(52)63(75)78-40-44-19-25-49(26-20-44)70(76)77)55(60(72)67-34-32-66(33-35-67)39-45-22-30-53-54(37-45)80-41-79-53)57-61(73)81-58(47-17-9-4-10-18-47)56(46-15-7-3-8-16-46)69(57)59(64)48-23-27-50(71)28-24-48/h2-10,12-13,15-30,36-37,55-59,71H,31-35,38-41H2,1H3/t55-,56-,57-,58+,59+,64-/m1/s1. The molecule has 408 valence electrons. The number of piperazine rings is 1. The zero-order valence-electron chi connectivity index (χ0n) is 44.2. The van der Waals surface area contributed by atoms with Crippen molar-refractivity contribution in [2.45, 2.75) is 49.3 Å². The lowest BCUT2D eigenvalue weighted by molar-refractivity contribution is -0.384. The van der Waals surface area contributed by atoms with Crippen LogP contribution in [0.25, 0.3) is 0 Å². The maximum Gasteiger partial charge on any atom is 0.421 e. The Hall–Kier alpha value is -9.34. The minimum absolute atomic E-state index is 0.0576. The summed E-state index contributed by atoms with van der Waals surface area (Å²) in [7, 11) is 1.97. The minimum atomic E-state index is -2.09. The second-order valence-corrected chi connectivity index (χ2v) is 21.0. The Balaban J connectivity index is 1.02. The van der Waals surface area contributed by atoms with Crippen molar-refractivity contribution in [3.63, 3.8) is 0 Å². The molecule has 3 amide bonds. The van der Waals surface area contributed by atoms with Crippen LogP contribution in [0.3, 0.4) is 0 Å². The van der Waals surface area contributed by atoms with Crippen LogP contribution in [0.15, 0.2) is 176 Å². The third-order valence-electron chi connectivity index (χ3n) is 16.0. The Morgan fingerprint density at radius 3 is 2.11 bits per heavy atom. The number of carbonyl (C=O) groups is 4. The van der Waals surface area contributed by atoms with Gasteiger partial charge in [-0.15, -0.1) is 0 Å². The number of aromatic hydroxyl groups is 1. The predicted octanol–water partition coefficient (Wildman–Crippen LogP) is 8.86. The Morgan fingerprint density at radius 2 is 1.41 bits per heavy atom. The number of cyclic esters (lactones) is 1. The van der Waals surface area contributed by atoms with Gasteiger partial charge >= 0.3 is 12.1 Å². The molecule has 0 bridgehead atoms. The highest BCUT2D eigenvalue weighted by atomic mass is 16.7. The molecule has 0 aliphatic carbocycles. The van der Waals surface area contributed by atoms with E-state index < -0.39 is 64.4 Å². The van der Waals surface area contributed by atoms with Crippen molar-refractivity contribution in [1.29, 1.82) is 0 Å². The van der Waals surface area contributed by atoms with Crippen molar-refractivity contribution in [3.8, 4) is 29.1 Å². The topological polar surface area (TPSA) is 185 Å². The molecule has 0 saturated carbocycles. The highest BCUT2D eigenvalue weighted by Crippen LogP contribution is 2.66. The summed E-state index contributed by atoms with van der Waals surface area (Å²) in [4.78, 5) is 84.1. The molecular formula is C64H56N6O11. The van der Waals surface area contributed by atoms with Crippen molar-refractivity contribution >= 4 is 35.3 Å². The van der Waals surface area contributed by atoms with Gasteiger partial charge in [0.1, 0.15) is 29.9 Å². The molecule has 0 radical (unpaired) electrons. The van der Waals surface area contributed by atoms with Crippen molar-refractivity contribution in [2.75, 3.05) is 51.5 Å². The number of nitrogens with zero attached hydrogens (tertiary/aromatic N) is 6. The van der Waals surface area contributed by atoms with Gasteiger partial charge in [0.25, 0.3) is 5.69 Å². The number of fused-ring (bicyclic) bond motifs is 4. The largest absolute Gasteiger partial charge is 0.508 e. The molecule has 6 atom stereocenters. The van der Waals surface area contributed by atoms with Crippen molar-refractivity contribution in [3.05, 3.63) is 231 Å². The number of hydrogen-bond donors (Lipinski definition) is 1. The molecule has 0 unspecified atom stereocenters. The Labute approximate surface area is 467 Å². The van der Waals surface area contributed by atoms with Crippen LogP contribution in [-0.4, -0.2) is 106 Å². The molecule has 3 fully saturated rings. The quantitative estimate of drug-likeness (QED) is 0.0530. The van der Waals surface area contributed by atoms with Crippen molar-refractivity contribution < 1.29 is 48.2 Å². The van der Waals surface area contributed by atoms with Crippen LogP contribution in [0.1, 0.15) is 62.7 Å². The Bertz CT molecular complexity index is 3590. The number of carbonyl (C=O) groups excluding carboxylic acids is 4. The van der Waals surface area contributed by atoms with Crippen LogP contribution in [0.4, 0.5) is 16.2 Å². The minimum Gasteiger partial charge on any atom is -0.508 e. The number of imide groups is 1. The fourth-order valence-corrected chi connectivity index (χ4v) is 12.4. The molecule has 5 aliphatic rings. The molecule has 5 aliphatic heterocycles. The fraction of sp³-hybridized carbons (Fsp3) is 0.250. The number of rotatable bonds is 12. The van der Waals surface area contributed by atoms with E-state index in [1.165, 1.54) is 36.4 Å². The number of nitro benzene ring substituents is 1. The molecule has 7 aromatic carbocycles. The summed E-state index contributed by atoms with van der Waals surface area (Å²) in [6, 6.07) is 48.3. The summed E-state index contributed by atoms with van der Waals surface area (Å²) in [6.07, 6.45) is -2.02. The zero-order valence-corrected chi connectivity index (χ0v) is 44.2. The molecule has 1 spiro atoms. The van der Waals surface area contributed by atoms with E-state index in [2.05, 4.69) is 21.6 Å². The molecule has 17 heteroatoms. The van der Waals surface area contributed by atoms with Gasteiger partial charge in [0.2, 0.25) is 18.6 Å². The van der Waals surface area contributed by atoms with Gasteiger partial charge in [-0.2, -0.15) is 0 Å². The van der Waals surface area contributed by atoms with Gasteiger partial charge in [-0.25, -0.2) is 9.69 Å². The van der Waals surface area contributed by atoms with E-state index in [9.17, 15) is 15.2 Å². The molecule has 12 rings (SSSR count). The van der Waals surface area contributed by atoms with E-state index in [1.807, 2.05) is 121 Å². The van der Waals surface area contributed by atoms with E-state index in [4.69, 9.17) is 18.9 Å². The molecule has 7 aromatic rings. The highest BCUT2D eigenvalue weighted by Gasteiger charge is 2.76. The Morgan fingerprint density at radius 1 is 0.741 bits per heavy atom. The van der Waals surface area contributed by atoms with Crippen LogP contribution >= 0.6 is 0 Å². The molecule has 81 heavy (non-hydrogen) atoms. The number of morpholine rings is 1. The van der Waals surface area contributed by atoms with Crippen LogP contribution in [0.2, 0.25) is 0 Å². The van der Waals surface area contributed by atoms with Gasteiger partial charge in [0.05, 0.1) is 35.2 Å². The molecule has 3 saturated heterocycles. The van der Waals surface area contributed by atoms with E-state index in [0.717, 1.165) is 21.6 Å². The monoisotopic (exact) mass is 1080 g/mol. The summed E-state index contributed by atoms with van der Waals surface area (Å²) >= 11 is 0. The second-order valence-electron chi connectivity index (χ2n) is 21.0. The maximum absolute atomic E-state index is 16.9. The Kier molecular flexibility index (Phi) is 14.3. The zero-order chi connectivity index (χ0) is 55.8. The number of phenolic OH excluding ortho intramolecular Hbond substituents is 1. The average molecular weight is 1090 g/mol. The first kappa shape index (κ1) is 52.4. The smallest absolute Gasteiger partial charge is 0.421 e. The van der Waals surface area contributed by atoms with E-state index >= 15 is 19.2 Å². The van der Waals surface area contributed by atoms with E-state index in [-0.39, 0.29) is 49.2 Å². The van der Waals surface area contributed by atoms with E-state index in [1.54, 1.807) is 35.2 Å². The molecule has 5 heterocycles. The van der Waals surface area contributed by atoms with Gasteiger partial charge in [0, 0.05) is 57.0 Å². The SMILES string of the molecule is CN(CC#Cc1ccc2c(c1)[C@]1(C(=O)N2C(=O)OCc2ccc([N+](=O)[O-])cc2)[C@H](c2ccc(O)cc2)N2[C@H](c3ccccc3)[C@H](c3ccccc3)OC(=O)[C@H]2[C@@H]1C(=O)N1CCN(Cc2ccc3c(c2)OCO3)CC1)Cc1ccccc1. The first-order valence-corrected chi connectivity index (χ1v) is 26.8. The number of phenols is 1. The van der Waals surface area contributed by atoms with Crippen LogP contribution in [0, 0.1) is 27.9 Å². The lowest BCUT2D eigenvalue weighted by atomic mass is 9.65. The third-order valence-corrected chi connectivity index (χ3v) is 16.0.